The van der Waals surface area contributed by atoms with Gasteiger partial charge in [0, 0.05) is 11.6 Å². The summed E-state index contributed by atoms with van der Waals surface area (Å²) in [6, 6.07) is 4.94. The molecule has 0 amide bonds. The summed E-state index contributed by atoms with van der Waals surface area (Å²) in [6.45, 7) is 15.8. The maximum Gasteiger partial charge on any atom is 0.438 e. The Labute approximate surface area is 169 Å². The van der Waals surface area contributed by atoms with E-state index in [0.717, 1.165) is 27.1 Å². The van der Waals surface area contributed by atoms with E-state index in [1.807, 2.05) is 13.0 Å². The highest BCUT2D eigenvalue weighted by Crippen LogP contribution is 2.40. The molecule has 0 radical (unpaired) electrons. The minimum Gasteiger partial charge on any atom is -0.553 e. The van der Waals surface area contributed by atoms with Gasteiger partial charge in [0.1, 0.15) is 11.4 Å². The zero-order valence-electron chi connectivity index (χ0n) is 18.3. The van der Waals surface area contributed by atoms with E-state index >= 15 is 0 Å². The van der Waals surface area contributed by atoms with Gasteiger partial charge in [0.15, 0.2) is 0 Å². The second-order valence-corrected chi connectivity index (χ2v) is 9.38. The molecule has 0 aliphatic heterocycles. The van der Waals surface area contributed by atoms with Gasteiger partial charge in [-0.3, -0.25) is 4.79 Å². The van der Waals surface area contributed by atoms with Crippen LogP contribution in [0.15, 0.2) is 23.0 Å². The van der Waals surface area contributed by atoms with Crippen molar-refractivity contribution < 1.29 is 14.0 Å². The first-order valence-corrected chi connectivity index (χ1v) is 10.1. The number of nitrogens with zero attached hydrogens (tertiary/aromatic N) is 2. The first-order chi connectivity index (χ1) is 12.8. The summed E-state index contributed by atoms with van der Waals surface area (Å²) in [7, 11) is 0.507. The predicted octanol–water partition coefficient (Wildman–Crippen LogP) is 3.27. The van der Waals surface area contributed by atoms with Crippen LogP contribution in [0.3, 0.4) is 0 Å². The van der Waals surface area contributed by atoms with E-state index < -0.39 is 17.3 Å². The average Bonchev–Trinajstić information content (AvgIpc) is 2.51. The van der Waals surface area contributed by atoms with Crippen LogP contribution in [0.2, 0.25) is 0 Å². The van der Waals surface area contributed by atoms with Crippen LogP contribution in [0.25, 0.3) is 11.3 Å². The van der Waals surface area contributed by atoms with Gasteiger partial charge < -0.3 is 9.16 Å². The molecule has 0 aliphatic carbocycles. The molecule has 0 saturated heterocycles. The lowest BCUT2D eigenvalue weighted by atomic mass is 9.80. The molecule has 1 heterocycles. The highest BCUT2D eigenvalue weighted by Gasteiger charge is 2.25. The van der Waals surface area contributed by atoms with Gasteiger partial charge in [0.2, 0.25) is 10.5 Å². The number of carbonyl (C=O) groups excluding carboxylic acids is 1. The van der Waals surface area contributed by atoms with Crippen molar-refractivity contribution in [1.82, 2.24) is 9.78 Å². The highest BCUT2D eigenvalue weighted by molar-refractivity contribution is 6.01. The molecule has 0 fully saturated rings. The number of rotatable bonds is 2. The monoisotopic (exact) mass is 402 g/mol. The van der Waals surface area contributed by atoms with Crippen molar-refractivity contribution >= 4 is 16.6 Å². The molecule has 0 spiro atoms. The predicted molar refractivity (Wildman–Crippen MR) is 114 cm³/mol. The Balaban J connectivity index is 2.68. The molecule has 1 aromatic carbocycles. The second-order valence-electron chi connectivity index (χ2n) is 8.97. The fourth-order valence-electron chi connectivity index (χ4n) is 3.56. The normalized spacial score (nSPS) is 12.1. The van der Waals surface area contributed by atoms with Crippen LogP contribution < -0.4 is 9.99 Å². The van der Waals surface area contributed by atoms with Gasteiger partial charge >= 0.3 is 6.09 Å². The van der Waals surface area contributed by atoms with Gasteiger partial charge in [-0.1, -0.05) is 20.8 Å². The molecule has 0 bridgehead atoms. The van der Waals surface area contributed by atoms with Crippen LogP contribution in [0.5, 0.6) is 5.75 Å². The third-order valence-corrected chi connectivity index (χ3v) is 4.72. The minimum atomic E-state index is -0.799. The van der Waals surface area contributed by atoms with Crippen molar-refractivity contribution in [2.24, 2.45) is 0 Å². The molecule has 0 atom stereocenters. The smallest absolute Gasteiger partial charge is 0.438 e. The Morgan fingerprint density at radius 3 is 2.21 bits per heavy atom. The Morgan fingerprint density at radius 2 is 1.71 bits per heavy atom. The van der Waals surface area contributed by atoms with E-state index in [1.54, 1.807) is 26.8 Å². The average molecular weight is 403 g/mol. The molecule has 2 rings (SSSR count). The fourth-order valence-corrected chi connectivity index (χ4v) is 4.09. The van der Waals surface area contributed by atoms with Gasteiger partial charge in [-0.15, -0.1) is 4.68 Å². The SMILES string of the molecule is Cc1cc(-c2ccc(=O)n(C(=O)OC(C)(C)C)n2)c(O[SiH3])c(C)c1C(C)(C)C. The van der Waals surface area contributed by atoms with Crippen molar-refractivity contribution in [3.05, 3.63) is 45.2 Å². The first kappa shape index (κ1) is 21.9. The molecule has 152 valence electrons. The molecule has 0 unspecified atom stereocenters. The second kappa shape index (κ2) is 7.54. The molecular weight excluding hydrogens is 372 g/mol. The molecule has 7 heteroatoms. The van der Waals surface area contributed by atoms with Crippen molar-refractivity contribution in [3.8, 4) is 17.0 Å². The van der Waals surface area contributed by atoms with Crippen LogP contribution in [0.1, 0.15) is 58.2 Å². The van der Waals surface area contributed by atoms with Crippen molar-refractivity contribution in [1.29, 1.82) is 0 Å². The van der Waals surface area contributed by atoms with Crippen LogP contribution in [-0.2, 0) is 10.2 Å². The van der Waals surface area contributed by atoms with Gasteiger partial charge in [-0.05, 0) is 68.9 Å². The summed E-state index contributed by atoms with van der Waals surface area (Å²) in [6.07, 6.45) is -0.799. The zero-order valence-corrected chi connectivity index (χ0v) is 20.3. The quantitative estimate of drug-likeness (QED) is 0.721. The highest BCUT2D eigenvalue weighted by atomic mass is 28.2. The number of hydrogen-bond acceptors (Lipinski definition) is 5. The zero-order chi connectivity index (χ0) is 21.4. The van der Waals surface area contributed by atoms with Crippen LogP contribution in [0, 0.1) is 13.8 Å². The number of ether oxygens (including phenoxy) is 1. The van der Waals surface area contributed by atoms with Crippen LogP contribution in [-0.4, -0.2) is 32.0 Å². The van der Waals surface area contributed by atoms with Crippen LogP contribution >= 0.6 is 0 Å². The van der Waals surface area contributed by atoms with Gasteiger partial charge in [-0.25, -0.2) is 4.79 Å². The van der Waals surface area contributed by atoms with Crippen molar-refractivity contribution in [3.63, 3.8) is 0 Å². The van der Waals surface area contributed by atoms with Gasteiger partial charge in [0.05, 0.1) is 5.69 Å². The number of aryl methyl sites for hydroxylation is 1. The van der Waals surface area contributed by atoms with Gasteiger partial charge in [0.25, 0.3) is 5.56 Å². The van der Waals surface area contributed by atoms with E-state index in [0.29, 0.717) is 16.2 Å². The van der Waals surface area contributed by atoms with Crippen molar-refractivity contribution in [2.75, 3.05) is 0 Å². The Bertz CT molecular complexity index is 966. The summed E-state index contributed by atoms with van der Waals surface area (Å²) >= 11 is 0. The molecule has 0 saturated carbocycles. The molecule has 0 aliphatic rings. The van der Waals surface area contributed by atoms with Crippen LogP contribution in [0.4, 0.5) is 4.79 Å². The van der Waals surface area contributed by atoms with E-state index in [2.05, 4.69) is 32.8 Å². The molecule has 28 heavy (non-hydrogen) atoms. The third-order valence-electron chi connectivity index (χ3n) is 4.31. The summed E-state index contributed by atoms with van der Waals surface area (Å²) in [4.78, 5) is 24.6. The van der Waals surface area contributed by atoms with E-state index in [-0.39, 0.29) is 5.41 Å². The molecule has 1 aromatic heterocycles. The van der Waals surface area contributed by atoms with Crippen molar-refractivity contribution in [2.45, 2.75) is 66.4 Å². The number of aromatic nitrogens is 2. The lowest BCUT2D eigenvalue weighted by Gasteiger charge is -2.27. The minimum absolute atomic E-state index is 0.0374. The molecular formula is C21H30N2O4Si. The van der Waals surface area contributed by atoms with E-state index in [4.69, 9.17) is 9.16 Å². The Kier molecular flexibility index (Phi) is 5.89. The lowest BCUT2D eigenvalue weighted by Crippen LogP contribution is -2.35. The number of hydrogen-bond donors (Lipinski definition) is 0. The standard InChI is InChI=1S/C21H30N2O4Si/c1-12-11-14(18(27-28)13(2)17(12)20(3,4)5)15-9-10-16(24)23(22-15)19(25)26-21(6,7)8/h9-11H,1-8,28H3. The van der Waals surface area contributed by atoms with E-state index in [1.165, 1.54) is 11.6 Å². The number of carbonyl (C=O) groups is 1. The van der Waals surface area contributed by atoms with E-state index in [9.17, 15) is 9.59 Å². The fraction of sp³-hybridized carbons (Fsp3) is 0.476. The van der Waals surface area contributed by atoms with Gasteiger partial charge in [-0.2, -0.15) is 5.10 Å². The lowest BCUT2D eigenvalue weighted by molar-refractivity contribution is 0.0506. The Morgan fingerprint density at radius 1 is 1.11 bits per heavy atom. The maximum absolute atomic E-state index is 12.4. The molecule has 0 N–H and O–H groups in total. The summed E-state index contributed by atoms with van der Waals surface area (Å²) in [5, 5.41) is 4.27. The maximum atomic E-state index is 12.4. The summed E-state index contributed by atoms with van der Waals surface area (Å²) in [5.74, 6) is 0.740. The number of benzene rings is 1. The largest absolute Gasteiger partial charge is 0.553 e. The third kappa shape index (κ3) is 4.52. The Hall–Kier alpha value is -2.41. The first-order valence-electron chi connectivity index (χ1n) is 9.29. The molecule has 2 aromatic rings. The topological polar surface area (TPSA) is 70.4 Å². The summed E-state index contributed by atoms with van der Waals surface area (Å²) in [5.41, 5.74) is 3.34. The molecule has 6 nitrogen and oxygen atoms in total. The summed E-state index contributed by atoms with van der Waals surface area (Å²) < 4.78 is 11.9.